The van der Waals surface area contributed by atoms with E-state index in [0.717, 1.165) is 0 Å². The second kappa shape index (κ2) is 7.86. The van der Waals surface area contributed by atoms with Crippen LogP contribution < -0.4 is 10.1 Å². The zero-order chi connectivity index (χ0) is 15.1. The van der Waals surface area contributed by atoms with Crippen LogP contribution in [0.25, 0.3) is 0 Å². The van der Waals surface area contributed by atoms with E-state index >= 15 is 0 Å². The summed E-state index contributed by atoms with van der Waals surface area (Å²) in [6, 6.07) is 4.23. The van der Waals surface area contributed by atoms with Gasteiger partial charge in [-0.1, -0.05) is 0 Å². The van der Waals surface area contributed by atoms with Crippen LogP contribution >= 0.6 is 15.9 Å². The topological polar surface area (TPSA) is 84.9 Å². The molecule has 0 radical (unpaired) electrons. The zero-order valence-corrected chi connectivity index (χ0v) is 12.8. The molecule has 2 N–H and O–H groups in total. The number of methoxy groups -OCH3 is 1. The second-order valence-corrected chi connectivity index (χ2v) is 5.02. The molecule has 0 unspecified atom stereocenters. The first-order valence-corrected chi connectivity index (χ1v) is 6.67. The number of aromatic carboxylic acids is 1. The maximum Gasteiger partial charge on any atom is 0.335 e. The minimum Gasteiger partial charge on any atom is -0.483 e. The van der Waals surface area contributed by atoms with Crippen molar-refractivity contribution in [2.24, 2.45) is 0 Å². The molecular weight excluding hydrogens is 330 g/mol. The highest BCUT2D eigenvalue weighted by molar-refractivity contribution is 9.10. The van der Waals surface area contributed by atoms with E-state index in [9.17, 15) is 9.59 Å². The molecule has 0 aliphatic rings. The van der Waals surface area contributed by atoms with Crippen LogP contribution in [0, 0.1) is 0 Å². The Hall–Kier alpha value is -1.60. The molecule has 0 aliphatic carbocycles. The standard InChI is InChI=1S/C13H16BrNO5/c1-8(6-19-2)15-12(16)7-20-11-4-3-9(13(17)18)5-10(11)14/h3-5,8H,6-7H2,1-2H3,(H,15,16)(H,17,18)/t8-/m1/s1. The van der Waals surface area contributed by atoms with Crippen LogP contribution in [0.3, 0.4) is 0 Å². The number of amides is 1. The predicted molar refractivity (Wildman–Crippen MR) is 76.1 cm³/mol. The van der Waals surface area contributed by atoms with Crippen molar-refractivity contribution in [2.75, 3.05) is 20.3 Å². The third-order valence-electron chi connectivity index (χ3n) is 2.36. The number of hydrogen-bond acceptors (Lipinski definition) is 4. The Morgan fingerprint density at radius 3 is 2.70 bits per heavy atom. The number of nitrogens with one attached hydrogen (secondary N) is 1. The Labute approximate surface area is 125 Å². The minimum atomic E-state index is -1.02. The largest absolute Gasteiger partial charge is 0.483 e. The van der Waals surface area contributed by atoms with E-state index in [0.29, 0.717) is 16.8 Å². The summed E-state index contributed by atoms with van der Waals surface area (Å²) in [5.41, 5.74) is 0.141. The summed E-state index contributed by atoms with van der Waals surface area (Å²) >= 11 is 3.20. The van der Waals surface area contributed by atoms with E-state index in [1.807, 2.05) is 6.92 Å². The predicted octanol–water partition coefficient (Wildman–Crippen LogP) is 1.68. The van der Waals surface area contributed by atoms with E-state index in [1.165, 1.54) is 18.2 Å². The van der Waals surface area contributed by atoms with Gasteiger partial charge in [0.1, 0.15) is 5.75 Å². The van der Waals surface area contributed by atoms with Gasteiger partial charge in [0.05, 0.1) is 16.6 Å². The van der Waals surface area contributed by atoms with Crippen molar-refractivity contribution in [3.05, 3.63) is 28.2 Å². The van der Waals surface area contributed by atoms with Crippen LogP contribution in [0.5, 0.6) is 5.75 Å². The van der Waals surface area contributed by atoms with E-state index < -0.39 is 5.97 Å². The average molecular weight is 346 g/mol. The van der Waals surface area contributed by atoms with Gasteiger partial charge >= 0.3 is 5.97 Å². The number of ether oxygens (including phenoxy) is 2. The smallest absolute Gasteiger partial charge is 0.335 e. The molecule has 0 aromatic heterocycles. The summed E-state index contributed by atoms with van der Waals surface area (Å²) in [5.74, 6) is -0.892. The lowest BCUT2D eigenvalue weighted by atomic mass is 10.2. The van der Waals surface area contributed by atoms with Crippen molar-refractivity contribution in [1.82, 2.24) is 5.32 Å². The Bertz CT molecular complexity index is 492. The van der Waals surface area contributed by atoms with Crippen molar-refractivity contribution in [3.63, 3.8) is 0 Å². The summed E-state index contributed by atoms with van der Waals surface area (Å²) in [7, 11) is 1.56. The van der Waals surface area contributed by atoms with Gasteiger partial charge in [0.2, 0.25) is 0 Å². The number of benzene rings is 1. The molecule has 110 valence electrons. The monoisotopic (exact) mass is 345 g/mol. The summed E-state index contributed by atoms with van der Waals surface area (Å²) in [5, 5.41) is 11.5. The van der Waals surface area contributed by atoms with Crippen LogP contribution in [0.2, 0.25) is 0 Å². The van der Waals surface area contributed by atoms with Gasteiger partial charge < -0.3 is 19.9 Å². The average Bonchev–Trinajstić information content (AvgIpc) is 2.37. The van der Waals surface area contributed by atoms with E-state index in [2.05, 4.69) is 21.2 Å². The molecule has 0 saturated heterocycles. The summed E-state index contributed by atoms with van der Waals surface area (Å²) in [6.45, 7) is 2.08. The number of carbonyl (C=O) groups excluding carboxylic acids is 1. The number of rotatable bonds is 7. The Morgan fingerprint density at radius 2 is 2.15 bits per heavy atom. The van der Waals surface area contributed by atoms with Gasteiger partial charge in [-0.2, -0.15) is 0 Å². The van der Waals surface area contributed by atoms with Gasteiger partial charge in [0.15, 0.2) is 6.61 Å². The molecule has 0 saturated carbocycles. The SMILES string of the molecule is COC[C@@H](C)NC(=O)COc1ccc(C(=O)O)cc1Br. The highest BCUT2D eigenvalue weighted by Crippen LogP contribution is 2.25. The molecule has 0 heterocycles. The lowest BCUT2D eigenvalue weighted by Crippen LogP contribution is -2.38. The molecule has 7 heteroatoms. The van der Waals surface area contributed by atoms with Crippen molar-refractivity contribution in [2.45, 2.75) is 13.0 Å². The van der Waals surface area contributed by atoms with Crippen molar-refractivity contribution >= 4 is 27.8 Å². The minimum absolute atomic E-state index is 0.103. The van der Waals surface area contributed by atoms with Gasteiger partial charge in [-0.3, -0.25) is 4.79 Å². The zero-order valence-electron chi connectivity index (χ0n) is 11.2. The van der Waals surface area contributed by atoms with E-state index in [1.54, 1.807) is 7.11 Å². The highest BCUT2D eigenvalue weighted by Gasteiger charge is 2.11. The van der Waals surface area contributed by atoms with Gasteiger partial charge in [-0.05, 0) is 41.1 Å². The Morgan fingerprint density at radius 1 is 1.45 bits per heavy atom. The van der Waals surface area contributed by atoms with Crippen LogP contribution in [0.1, 0.15) is 17.3 Å². The van der Waals surface area contributed by atoms with Crippen molar-refractivity contribution < 1.29 is 24.2 Å². The number of carboxylic acids is 1. The quantitative estimate of drug-likeness (QED) is 0.785. The van der Waals surface area contributed by atoms with Crippen LogP contribution in [-0.4, -0.2) is 43.3 Å². The van der Waals surface area contributed by atoms with Gasteiger partial charge in [-0.25, -0.2) is 4.79 Å². The summed E-state index contributed by atoms with van der Waals surface area (Å²) in [4.78, 5) is 22.4. The molecule has 1 aromatic carbocycles. The van der Waals surface area contributed by atoms with Crippen molar-refractivity contribution in [3.8, 4) is 5.75 Å². The molecule has 0 spiro atoms. The fourth-order valence-electron chi connectivity index (χ4n) is 1.50. The summed E-state index contributed by atoms with van der Waals surface area (Å²) in [6.07, 6.45) is 0. The third-order valence-corrected chi connectivity index (χ3v) is 2.98. The van der Waals surface area contributed by atoms with Gasteiger partial charge in [-0.15, -0.1) is 0 Å². The maximum absolute atomic E-state index is 11.6. The first kappa shape index (κ1) is 16.5. The summed E-state index contributed by atoms with van der Waals surface area (Å²) < 4.78 is 10.7. The molecule has 0 bridgehead atoms. The fraction of sp³-hybridized carbons (Fsp3) is 0.385. The third kappa shape index (κ3) is 5.18. The molecule has 0 fully saturated rings. The fourth-order valence-corrected chi connectivity index (χ4v) is 2.00. The number of hydrogen-bond donors (Lipinski definition) is 2. The number of carbonyl (C=O) groups is 2. The Balaban J connectivity index is 2.53. The first-order chi connectivity index (χ1) is 9.43. The van der Waals surface area contributed by atoms with E-state index in [4.69, 9.17) is 14.6 Å². The van der Waals surface area contributed by atoms with Gasteiger partial charge in [0, 0.05) is 13.2 Å². The molecule has 6 nitrogen and oxygen atoms in total. The second-order valence-electron chi connectivity index (χ2n) is 4.16. The Kier molecular flexibility index (Phi) is 6.47. The van der Waals surface area contributed by atoms with Crippen molar-refractivity contribution in [1.29, 1.82) is 0 Å². The lowest BCUT2D eigenvalue weighted by molar-refractivity contribution is -0.124. The highest BCUT2D eigenvalue weighted by atomic mass is 79.9. The maximum atomic E-state index is 11.6. The normalized spacial score (nSPS) is 11.8. The first-order valence-electron chi connectivity index (χ1n) is 5.88. The number of halogens is 1. The molecular formula is C13H16BrNO5. The van der Waals surface area contributed by atoms with Crippen LogP contribution in [-0.2, 0) is 9.53 Å². The molecule has 1 amide bonds. The molecule has 1 atom stereocenters. The molecule has 0 aliphatic heterocycles. The molecule has 1 aromatic rings. The molecule has 1 rings (SSSR count). The van der Waals surface area contributed by atoms with Crippen LogP contribution in [0.4, 0.5) is 0 Å². The lowest BCUT2D eigenvalue weighted by Gasteiger charge is -2.13. The molecule has 20 heavy (non-hydrogen) atoms. The van der Waals surface area contributed by atoms with E-state index in [-0.39, 0.29) is 24.1 Å². The van der Waals surface area contributed by atoms with Crippen LogP contribution in [0.15, 0.2) is 22.7 Å². The number of carboxylic acid groups (broad SMARTS) is 1. The van der Waals surface area contributed by atoms with Gasteiger partial charge in [0.25, 0.3) is 5.91 Å².